The van der Waals surface area contributed by atoms with E-state index in [4.69, 9.17) is 10.7 Å². The largest absolute Gasteiger partial charge is 0.369 e. The Morgan fingerprint density at radius 2 is 2.08 bits per heavy atom. The van der Waals surface area contributed by atoms with E-state index in [1.807, 2.05) is 35.9 Å². The first-order valence-electron chi connectivity index (χ1n) is 8.31. The molecular weight excluding hydrogens is 320 g/mol. The third-order valence-corrected chi connectivity index (χ3v) is 5.78. The van der Waals surface area contributed by atoms with Crippen molar-refractivity contribution in [3.63, 3.8) is 0 Å². The molecule has 3 heterocycles. The molecule has 0 saturated carbocycles. The fourth-order valence-electron chi connectivity index (χ4n) is 3.48. The van der Waals surface area contributed by atoms with Crippen molar-refractivity contribution in [3.05, 3.63) is 41.4 Å². The van der Waals surface area contributed by atoms with Crippen LogP contribution in [0.15, 0.2) is 40.9 Å². The summed E-state index contributed by atoms with van der Waals surface area (Å²) in [5.41, 5.74) is 8.49. The summed E-state index contributed by atoms with van der Waals surface area (Å²) in [6.07, 6.45) is 7.58. The number of amidine groups is 1. The summed E-state index contributed by atoms with van der Waals surface area (Å²) in [7, 11) is 0. The molecule has 5 nitrogen and oxygen atoms in total. The molecule has 4 rings (SSSR count). The van der Waals surface area contributed by atoms with Crippen LogP contribution in [-0.2, 0) is 10.2 Å². The molecule has 6 heteroatoms. The van der Waals surface area contributed by atoms with Crippen molar-refractivity contribution in [2.75, 3.05) is 19.6 Å². The lowest BCUT2D eigenvalue weighted by molar-refractivity contribution is -0.121. The first kappa shape index (κ1) is 15.3. The Labute approximate surface area is 144 Å². The molecule has 2 aromatic rings. The number of fused-ring (bicyclic) bond motifs is 1. The van der Waals surface area contributed by atoms with E-state index in [1.54, 1.807) is 11.3 Å². The van der Waals surface area contributed by atoms with Gasteiger partial charge in [0.05, 0.1) is 22.3 Å². The molecule has 1 saturated heterocycles. The van der Waals surface area contributed by atoms with Gasteiger partial charge in [0.1, 0.15) is 11.3 Å². The number of carbonyl (C=O) groups is 1. The molecule has 0 bridgehead atoms. The normalized spacial score (nSPS) is 24.2. The quantitative estimate of drug-likeness (QED) is 0.913. The summed E-state index contributed by atoms with van der Waals surface area (Å²) in [6.45, 7) is 2.44. The molecule has 1 unspecified atom stereocenters. The highest BCUT2D eigenvalue weighted by Gasteiger charge is 2.38. The lowest BCUT2D eigenvalue weighted by atomic mass is 9.78. The molecule has 2 aliphatic rings. The number of nitrogens with two attached hydrogens (primary N) is 1. The monoisotopic (exact) mass is 340 g/mol. The minimum Gasteiger partial charge on any atom is -0.369 e. The molecule has 1 aromatic heterocycles. The second-order valence-corrected chi connectivity index (χ2v) is 7.31. The maximum absolute atomic E-state index is 12.3. The van der Waals surface area contributed by atoms with Crippen LogP contribution in [0.2, 0.25) is 0 Å². The van der Waals surface area contributed by atoms with Gasteiger partial charge in [-0.2, -0.15) is 0 Å². The third kappa shape index (κ3) is 2.51. The van der Waals surface area contributed by atoms with Crippen LogP contribution in [0.4, 0.5) is 0 Å². The van der Waals surface area contributed by atoms with Crippen LogP contribution in [-0.4, -0.2) is 41.3 Å². The second-order valence-electron chi connectivity index (χ2n) is 6.43. The Balaban J connectivity index is 1.67. The van der Waals surface area contributed by atoms with Crippen molar-refractivity contribution < 1.29 is 4.79 Å². The predicted molar refractivity (Wildman–Crippen MR) is 97.4 cm³/mol. The average Bonchev–Trinajstić information content (AvgIpc) is 3.10. The Kier molecular flexibility index (Phi) is 3.84. The van der Waals surface area contributed by atoms with E-state index in [0.717, 1.165) is 34.7 Å². The summed E-state index contributed by atoms with van der Waals surface area (Å²) in [6, 6.07) is 5.93. The standard InChI is InChI=1S/C18H20N4OS/c19-17(23)18(13-4-5-15-14(10-13)21-12-24-15)7-6-16(20-11-18)22-8-2-1-3-9-22/h4-7,10,12H,1-3,8-9,11H2,(H2,19,23). The van der Waals surface area contributed by atoms with E-state index in [1.165, 1.54) is 19.3 Å². The molecule has 124 valence electrons. The Morgan fingerprint density at radius 1 is 1.25 bits per heavy atom. The van der Waals surface area contributed by atoms with Crippen molar-refractivity contribution in [1.82, 2.24) is 9.88 Å². The summed E-state index contributed by atoms with van der Waals surface area (Å²) in [4.78, 5) is 23.7. The van der Waals surface area contributed by atoms with Crippen LogP contribution in [0.25, 0.3) is 10.2 Å². The van der Waals surface area contributed by atoms with Crippen LogP contribution in [0.5, 0.6) is 0 Å². The number of amides is 1. The summed E-state index contributed by atoms with van der Waals surface area (Å²) >= 11 is 1.59. The number of aliphatic imine (C=N–C) groups is 1. The molecule has 1 fully saturated rings. The number of dihydropyridines is 1. The molecule has 0 aliphatic carbocycles. The van der Waals surface area contributed by atoms with Crippen molar-refractivity contribution in [2.45, 2.75) is 24.7 Å². The zero-order valence-electron chi connectivity index (χ0n) is 13.4. The van der Waals surface area contributed by atoms with Gasteiger partial charge in [0.25, 0.3) is 0 Å². The number of nitrogens with zero attached hydrogens (tertiary/aromatic N) is 3. The highest BCUT2D eigenvalue weighted by molar-refractivity contribution is 7.16. The van der Waals surface area contributed by atoms with Gasteiger partial charge >= 0.3 is 0 Å². The molecule has 2 N–H and O–H groups in total. The Bertz CT molecular complexity index is 834. The molecule has 1 atom stereocenters. The van der Waals surface area contributed by atoms with E-state index < -0.39 is 5.41 Å². The lowest BCUT2D eigenvalue weighted by Gasteiger charge is -2.34. The number of carbonyl (C=O) groups excluding carboxylic acids is 1. The van der Waals surface area contributed by atoms with Crippen LogP contribution in [0.1, 0.15) is 24.8 Å². The van der Waals surface area contributed by atoms with Gasteiger partial charge in [0, 0.05) is 13.1 Å². The van der Waals surface area contributed by atoms with Crippen LogP contribution in [0.3, 0.4) is 0 Å². The Hall–Kier alpha value is -2.21. The van der Waals surface area contributed by atoms with Crippen LogP contribution >= 0.6 is 11.3 Å². The fourth-order valence-corrected chi connectivity index (χ4v) is 4.14. The smallest absolute Gasteiger partial charge is 0.233 e. The minimum absolute atomic E-state index is 0.361. The third-order valence-electron chi connectivity index (χ3n) is 4.97. The van der Waals surface area contributed by atoms with Gasteiger partial charge in [-0.05, 0) is 43.0 Å². The topological polar surface area (TPSA) is 71.6 Å². The van der Waals surface area contributed by atoms with Crippen LogP contribution < -0.4 is 5.73 Å². The highest BCUT2D eigenvalue weighted by Crippen LogP contribution is 2.32. The maximum atomic E-state index is 12.3. The highest BCUT2D eigenvalue weighted by atomic mass is 32.1. The number of hydrogen-bond acceptors (Lipinski definition) is 5. The first-order valence-corrected chi connectivity index (χ1v) is 9.19. The number of rotatable bonds is 2. The number of aromatic nitrogens is 1. The number of benzene rings is 1. The fraction of sp³-hybridized carbons (Fsp3) is 0.389. The number of thiazole rings is 1. The molecule has 0 spiro atoms. The van der Waals surface area contributed by atoms with Crippen LogP contribution in [0, 0.1) is 0 Å². The molecular formula is C18H20N4OS. The molecule has 2 aliphatic heterocycles. The molecule has 0 radical (unpaired) electrons. The van der Waals surface area contributed by atoms with E-state index in [0.29, 0.717) is 6.54 Å². The van der Waals surface area contributed by atoms with E-state index in [9.17, 15) is 4.79 Å². The van der Waals surface area contributed by atoms with E-state index in [2.05, 4.69) is 9.88 Å². The zero-order chi connectivity index (χ0) is 16.6. The van der Waals surface area contributed by atoms with Gasteiger partial charge in [-0.3, -0.25) is 9.79 Å². The molecule has 1 aromatic carbocycles. The van der Waals surface area contributed by atoms with Gasteiger partial charge in [-0.25, -0.2) is 4.98 Å². The van der Waals surface area contributed by atoms with E-state index >= 15 is 0 Å². The van der Waals surface area contributed by atoms with Gasteiger partial charge < -0.3 is 10.6 Å². The summed E-state index contributed by atoms with van der Waals surface area (Å²) in [5, 5.41) is 0. The second kappa shape index (κ2) is 6.02. The first-order chi connectivity index (χ1) is 11.7. The minimum atomic E-state index is -0.878. The number of hydrogen-bond donors (Lipinski definition) is 1. The van der Waals surface area contributed by atoms with Gasteiger partial charge in [0.2, 0.25) is 5.91 Å². The van der Waals surface area contributed by atoms with E-state index in [-0.39, 0.29) is 5.91 Å². The van der Waals surface area contributed by atoms with Crippen molar-refractivity contribution in [2.24, 2.45) is 10.7 Å². The Morgan fingerprint density at radius 3 is 2.79 bits per heavy atom. The summed E-state index contributed by atoms with van der Waals surface area (Å²) in [5.74, 6) is 0.607. The zero-order valence-corrected chi connectivity index (χ0v) is 14.3. The van der Waals surface area contributed by atoms with Gasteiger partial charge in [-0.1, -0.05) is 12.1 Å². The van der Waals surface area contributed by atoms with Gasteiger partial charge in [0.15, 0.2) is 0 Å². The maximum Gasteiger partial charge on any atom is 0.233 e. The number of piperidine rings is 1. The van der Waals surface area contributed by atoms with Crippen molar-refractivity contribution >= 4 is 33.3 Å². The predicted octanol–water partition coefficient (Wildman–Crippen LogP) is 2.47. The SMILES string of the molecule is NC(=O)C1(c2ccc3scnc3c2)C=CC(N2CCCCC2)=NC1. The number of primary amides is 1. The summed E-state index contributed by atoms with van der Waals surface area (Å²) < 4.78 is 1.11. The van der Waals surface area contributed by atoms with Crippen molar-refractivity contribution in [3.8, 4) is 0 Å². The lowest BCUT2D eigenvalue weighted by Crippen LogP contribution is -2.46. The average molecular weight is 340 g/mol. The number of likely N-dealkylation sites (tertiary alicyclic amines) is 1. The van der Waals surface area contributed by atoms with Crippen molar-refractivity contribution in [1.29, 1.82) is 0 Å². The van der Waals surface area contributed by atoms with Gasteiger partial charge in [-0.15, -0.1) is 11.3 Å². The molecule has 24 heavy (non-hydrogen) atoms. The molecule has 1 amide bonds.